The molecule has 0 aliphatic carbocycles. The third kappa shape index (κ3) is 4.83. The highest BCUT2D eigenvalue weighted by atomic mass is 16.5. The second-order valence-corrected chi connectivity index (χ2v) is 4.92. The van der Waals surface area contributed by atoms with E-state index in [9.17, 15) is 4.79 Å². The summed E-state index contributed by atoms with van der Waals surface area (Å²) in [6.07, 6.45) is 0.126. The minimum atomic E-state index is -0.159. The highest BCUT2D eigenvalue weighted by Gasteiger charge is 2.05. The molecule has 0 saturated carbocycles. The number of benzene rings is 1. The third-order valence-corrected chi connectivity index (χ3v) is 2.57. The highest BCUT2D eigenvalue weighted by molar-refractivity contribution is 5.93. The number of hydrogen-bond acceptors (Lipinski definition) is 5. The van der Waals surface area contributed by atoms with Crippen LogP contribution in [0.2, 0.25) is 0 Å². The van der Waals surface area contributed by atoms with Gasteiger partial charge in [-0.1, -0.05) is 5.16 Å². The smallest absolute Gasteiger partial charge is 0.243 e. The molecular formula is C15H19N3O3. The van der Waals surface area contributed by atoms with Crippen LogP contribution < -0.4 is 15.4 Å². The van der Waals surface area contributed by atoms with E-state index in [1.165, 1.54) is 0 Å². The molecular weight excluding hydrogens is 270 g/mol. The molecule has 0 fully saturated rings. The maximum absolute atomic E-state index is 11.8. The summed E-state index contributed by atoms with van der Waals surface area (Å²) in [5, 5.41) is 9.42. The Labute approximate surface area is 123 Å². The molecule has 0 atom stereocenters. The Bertz CT molecular complexity index is 590. The van der Waals surface area contributed by atoms with E-state index >= 15 is 0 Å². The van der Waals surface area contributed by atoms with Crippen LogP contribution in [0.25, 0.3) is 0 Å². The van der Waals surface area contributed by atoms with E-state index in [-0.39, 0.29) is 18.6 Å². The molecule has 0 spiro atoms. The molecule has 0 aliphatic heterocycles. The number of nitrogens with zero attached hydrogens (tertiary/aromatic N) is 1. The van der Waals surface area contributed by atoms with Crippen LogP contribution in [-0.2, 0) is 4.79 Å². The average Bonchev–Trinajstić information content (AvgIpc) is 2.84. The first-order valence-electron chi connectivity index (χ1n) is 6.76. The zero-order chi connectivity index (χ0) is 15.2. The summed E-state index contributed by atoms with van der Waals surface area (Å²) in [5.41, 5.74) is 0.717. The van der Waals surface area contributed by atoms with Crippen LogP contribution in [0.5, 0.6) is 5.75 Å². The fourth-order valence-corrected chi connectivity index (χ4v) is 1.71. The molecule has 0 aliphatic rings. The quantitative estimate of drug-likeness (QED) is 0.855. The van der Waals surface area contributed by atoms with Gasteiger partial charge in [0.2, 0.25) is 5.91 Å². The van der Waals surface area contributed by atoms with Gasteiger partial charge in [0, 0.05) is 11.8 Å². The van der Waals surface area contributed by atoms with Gasteiger partial charge < -0.3 is 19.9 Å². The van der Waals surface area contributed by atoms with E-state index in [1.54, 1.807) is 25.1 Å². The first-order chi connectivity index (χ1) is 10.0. The number of hydrogen-bond donors (Lipinski definition) is 2. The van der Waals surface area contributed by atoms with Gasteiger partial charge in [0.25, 0.3) is 0 Å². The van der Waals surface area contributed by atoms with Crippen LogP contribution in [0.4, 0.5) is 11.5 Å². The Morgan fingerprint density at radius 2 is 2.05 bits per heavy atom. The Hall–Kier alpha value is -2.50. The van der Waals surface area contributed by atoms with E-state index in [0.29, 0.717) is 17.3 Å². The van der Waals surface area contributed by atoms with Crippen LogP contribution in [-0.4, -0.2) is 23.7 Å². The SMILES string of the molecule is Cc1cc(NCC(=O)Nc2ccc(OC(C)C)cc2)no1. The molecule has 6 nitrogen and oxygen atoms in total. The van der Waals surface area contributed by atoms with Crippen molar-refractivity contribution in [2.24, 2.45) is 0 Å². The average molecular weight is 289 g/mol. The lowest BCUT2D eigenvalue weighted by atomic mass is 10.3. The number of anilines is 2. The number of carbonyl (C=O) groups excluding carboxylic acids is 1. The van der Waals surface area contributed by atoms with Crippen molar-refractivity contribution < 1.29 is 14.1 Å². The van der Waals surface area contributed by atoms with Crippen LogP contribution in [0.15, 0.2) is 34.9 Å². The molecule has 6 heteroatoms. The summed E-state index contributed by atoms with van der Waals surface area (Å²) in [4.78, 5) is 11.8. The summed E-state index contributed by atoms with van der Waals surface area (Å²) in [7, 11) is 0. The van der Waals surface area contributed by atoms with Crippen molar-refractivity contribution in [1.82, 2.24) is 5.16 Å². The lowest BCUT2D eigenvalue weighted by Gasteiger charge is -2.10. The van der Waals surface area contributed by atoms with Crippen LogP contribution in [0.1, 0.15) is 19.6 Å². The number of nitrogens with one attached hydrogen (secondary N) is 2. The molecule has 0 saturated heterocycles. The van der Waals surface area contributed by atoms with Gasteiger partial charge in [-0.2, -0.15) is 0 Å². The Morgan fingerprint density at radius 3 is 2.62 bits per heavy atom. The van der Waals surface area contributed by atoms with Crippen molar-refractivity contribution in [2.45, 2.75) is 26.9 Å². The highest BCUT2D eigenvalue weighted by Crippen LogP contribution is 2.16. The largest absolute Gasteiger partial charge is 0.491 e. The first-order valence-corrected chi connectivity index (χ1v) is 6.76. The van der Waals surface area contributed by atoms with Gasteiger partial charge in [-0.15, -0.1) is 0 Å². The summed E-state index contributed by atoms with van der Waals surface area (Å²) in [6.45, 7) is 5.84. The monoisotopic (exact) mass is 289 g/mol. The van der Waals surface area contributed by atoms with Crippen molar-refractivity contribution >= 4 is 17.4 Å². The van der Waals surface area contributed by atoms with Crippen molar-refractivity contribution in [3.05, 3.63) is 36.1 Å². The molecule has 2 N–H and O–H groups in total. The number of amides is 1. The molecule has 21 heavy (non-hydrogen) atoms. The van der Waals surface area contributed by atoms with Gasteiger partial charge in [0.1, 0.15) is 11.5 Å². The van der Waals surface area contributed by atoms with Crippen molar-refractivity contribution in [2.75, 3.05) is 17.2 Å². The third-order valence-electron chi connectivity index (χ3n) is 2.57. The second kappa shape index (κ2) is 6.78. The number of rotatable bonds is 6. The number of aromatic nitrogens is 1. The van der Waals surface area contributed by atoms with Crippen LogP contribution >= 0.6 is 0 Å². The van der Waals surface area contributed by atoms with Crippen molar-refractivity contribution in [1.29, 1.82) is 0 Å². The second-order valence-electron chi connectivity index (χ2n) is 4.92. The maximum atomic E-state index is 11.8. The van der Waals surface area contributed by atoms with Crippen LogP contribution in [0.3, 0.4) is 0 Å². The predicted octanol–water partition coefficient (Wildman–Crippen LogP) is 2.82. The zero-order valence-corrected chi connectivity index (χ0v) is 12.3. The van der Waals surface area contributed by atoms with Crippen molar-refractivity contribution in [3.8, 4) is 5.75 Å². The van der Waals surface area contributed by atoms with Crippen molar-refractivity contribution in [3.63, 3.8) is 0 Å². The first kappa shape index (κ1) is 14.9. The van der Waals surface area contributed by atoms with Gasteiger partial charge >= 0.3 is 0 Å². The molecule has 0 radical (unpaired) electrons. The van der Waals surface area contributed by atoms with Gasteiger partial charge in [-0.25, -0.2) is 0 Å². The Balaban J connectivity index is 1.82. The Morgan fingerprint density at radius 1 is 1.33 bits per heavy atom. The summed E-state index contributed by atoms with van der Waals surface area (Å²) >= 11 is 0. The summed E-state index contributed by atoms with van der Waals surface area (Å²) in [5.74, 6) is 1.86. The molecule has 1 amide bonds. The lowest BCUT2D eigenvalue weighted by Crippen LogP contribution is -2.21. The molecule has 0 bridgehead atoms. The maximum Gasteiger partial charge on any atom is 0.243 e. The fourth-order valence-electron chi connectivity index (χ4n) is 1.71. The number of aryl methyl sites for hydroxylation is 1. The van der Waals surface area contributed by atoms with E-state index in [1.807, 2.05) is 26.0 Å². The minimum absolute atomic E-state index is 0.121. The molecule has 2 rings (SSSR count). The van der Waals surface area contributed by atoms with Gasteiger partial charge in [0.15, 0.2) is 5.82 Å². The minimum Gasteiger partial charge on any atom is -0.491 e. The molecule has 1 heterocycles. The lowest BCUT2D eigenvalue weighted by molar-refractivity contribution is -0.114. The molecule has 0 unspecified atom stereocenters. The topological polar surface area (TPSA) is 76.4 Å². The zero-order valence-electron chi connectivity index (χ0n) is 12.3. The standard InChI is InChI=1S/C15H19N3O3/c1-10(2)20-13-6-4-12(5-7-13)17-15(19)9-16-14-8-11(3)21-18-14/h4-8,10H,9H2,1-3H3,(H,16,18)(H,17,19). The van der Waals surface area contributed by atoms with Gasteiger partial charge in [-0.05, 0) is 45.0 Å². The summed E-state index contributed by atoms with van der Waals surface area (Å²) in [6, 6.07) is 8.98. The van der Waals surface area contributed by atoms with E-state index < -0.39 is 0 Å². The summed E-state index contributed by atoms with van der Waals surface area (Å²) < 4.78 is 10.4. The number of ether oxygens (including phenoxy) is 1. The number of carbonyl (C=O) groups is 1. The van der Waals surface area contributed by atoms with Gasteiger partial charge in [0.05, 0.1) is 12.6 Å². The van der Waals surface area contributed by atoms with E-state index in [2.05, 4.69) is 15.8 Å². The fraction of sp³-hybridized carbons (Fsp3) is 0.333. The van der Waals surface area contributed by atoms with E-state index in [4.69, 9.17) is 9.26 Å². The molecule has 1 aromatic carbocycles. The Kier molecular flexibility index (Phi) is 4.81. The molecule has 2 aromatic rings. The molecule has 112 valence electrons. The normalized spacial score (nSPS) is 10.5. The molecule has 1 aromatic heterocycles. The van der Waals surface area contributed by atoms with E-state index in [0.717, 1.165) is 5.75 Å². The van der Waals surface area contributed by atoms with Crippen LogP contribution in [0, 0.1) is 6.92 Å². The predicted molar refractivity (Wildman–Crippen MR) is 80.6 cm³/mol. The van der Waals surface area contributed by atoms with Gasteiger partial charge in [-0.3, -0.25) is 4.79 Å².